The van der Waals surface area contributed by atoms with Crippen LogP contribution in [0.1, 0.15) is 41.5 Å². The van der Waals surface area contributed by atoms with Crippen LogP contribution in [0.15, 0.2) is 42.5 Å². The van der Waals surface area contributed by atoms with Crippen molar-refractivity contribution in [2.45, 2.75) is 26.2 Å². The molecule has 1 aromatic heterocycles. The van der Waals surface area contributed by atoms with Crippen LogP contribution in [0, 0.1) is 23.2 Å². The van der Waals surface area contributed by atoms with E-state index in [9.17, 15) is 9.90 Å². The van der Waals surface area contributed by atoms with Crippen LogP contribution in [0.2, 0.25) is 10.0 Å². The molecule has 0 aliphatic rings. The summed E-state index contributed by atoms with van der Waals surface area (Å²) in [6, 6.07) is 14.5. The summed E-state index contributed by atoms with van der Waals surface area (Å²) in [5, 5.41) is 19.1. The second-order valence-corrected chi connectivity index (χ2v) is 7.20. The van der Waals surface area contributed by atoms with Crippen LogP contribution in [-0.2, 0) is 6.42 Å². The number of carbonyl (C=O) groups is 1. The number of aromatic carboxylic acids is 1. The lowest BCUT2D eigenvalue weighted by molar-refractivity contribution is 0.0690. The van der Waals surface area contributed by atoms with E-state index < -0.39 is 5.97 Å². The van der Waals surface area contributed by atoms with Crippen molar-refractivity contribution in [3.63, 3.8) is 0 Å². The Morgan fingerprint density at radius 2 is 1.90 bits per heavy atom. The number of rotatable bonds is 5. The van der Waals surface area contributed by atoms with Gasteiger partial charge >= 0.3 is 5.97 Å². The first-order chi connectivity index (χ1) is 14.5. The first kappa shape index (κ1) is 21.5. The summed E-state index contributed by atoms with van der Waals surface area (Å²) < 4.78 is 1.80. The summed E-state index contributed by atoms with van der Waals surface area (Å²) >= 11 is 12.4. The summed E-state index contributed by atoms with van der Waals surface area (Å²) in [5.74, 6) is 5.30. The maximum absolute atomic E-state index is 11.8. The molecule has 5 nitrogen and oxygen atoms in total. The van der Waals surface area contributed by atoms with Crippen molar-refractivity contribution in [3.8, 4) is 35.0 Å². The molecule has 2 aromatic carbocycles. The normalized spacial score (nSPS) is 10.2. The molecule has 7 heteroatoms. The Kier molecular flexibility index (Phi) is 6.79. The lowest BCUT2D eigenvalue weighted by Gasteiger charge is -2.13. The van der Waals surface area contributed by atoms with Crippen LogP contribution in [0.4, 0.5) is 0 Å². The second-order valence-electron chi connectivity index (χ2n) is 6.36. The van der Waals surface area contributed by atoms with Gasteiger partial charge in [-0.2, -0.15) is 5.26 Å². The van der Waals surface area contributed by atoms with Gasteiger partial charge in [-0.15, -0.1) is 0 Å². The fourth-order valence-electron chi connectivity index (χ4n) is 3.06. The van der Waals surface area contributed by atoms with E-state index in [4.69, 9.17) is 28.5 Å². The number of carboxylic acids is 1. The van der Waals surface area contributed by atoms with E-state index in [0.717, 1.165) is 11.3 Å². The number of halogens is 2. The molecule has 0 atom stereocenters. The quantitative estimate of drug-likeness (QED) is 0.406. The highest BCUT2D eigenvalue weighted by molar-refractivity contribution is 6.36. The highest BCUT2D eigenvalue weighted by atomic mass is 35.5. The Hall–Kier alpha value is -3.25. The van der Waals surface area contributed by atoms with E-state index in [-0.39, 0.29) is 5.69 Å². The zero-order valence-electron chi connectivity index (χ0n) is 16.1. The third kappa shape index (κ3) is 4.49. The Morgan fingerprint density at radius 3 is 2.50 bits per heavy atom. The van der Waals surface area contributed by atoms with Crippen molar-refractivity contribution in [1.29, 1.82) is 5.26 Å². The first-order valence-electron chi connectivity index (χ1n) is 9.22. The van der Waals surface area contributed by atoms with Crippen LogP contribution >= 0.6 is 23.2 Å². The number of aromatic nitrogens is 2. The van der Waals surface area contributed by atoms with Crippen molar-refractivity contribution < 1.29 is 9.90 Å². The Morgan fingerprint density at radius 1 is 1.17 bits per heavy atom. The number of imidazole rings is 1. The maximum atomic E-state index is 11.8. The molecule has 30 heavy (non-hydrogen) atoms. The molecule has 1 heterocycles. The highest BCUT2D eigenvalue weighted by Crippen LogP contribution is 2.33. The maximum Gasteiger partial charge on any atom is 0.356 e. The van der Waals surface area contributed by atoms with E-state index in [1.165, 1.54) is 0 Å². The third-order valence-electron chi connectivity index (χ3n) is 4.40. The van der Waals surface area contributed by atoms with Crippen molar-refractivity contribution in [2.24, 2.45) is 0 Å². The number of carboxylic acid groups (broad SMARTS) is 1. The lowest BCUT2D eigenvalue weighted by atomic mass is 10.1. The van der Waals surface area contributed by atoms with Gasteiger partial charge in [-0.1, -0.05) is 42.0 Å². The molecule has 3 rings (SSSR count). The van der Waals surface area contributed by atoms with Gasteiger partial charge < -0.3 is 5.11 Å². The largest absolute Gasteiger partial charge is 0.476 e. The number of hydrogen-bond donors (Lipinski definition) is 1. The van der Waals surface area contributed by atoms with Crippen LogP contribution in [0.5, 0.6) is 0 Å². The SMILES string of the molecule is CCc1c(C(=O)O)nc(-c2ccc(Cl)cc2Cl)n1-c1ccc(C#CCCC#N)cc1. The van der Waals surface area contributed by atoms with Gasteiger partial charge in [0.05, 0.1) is 16.8 Å². The predicted octanol–water partition coefficient (Wildman–Crippen LogP) is 5.76. The van der Waals surface area contributed by atoms with Crippen LogP contribution < -0.4 is 0 Å². The Balaban J connectivity index is 2.14. The molecule has 0 aliphatic carbocycles. The van der Waals surface area contributed by atoms with E-state index in [1.54, 1.807) is 22.8 Å². The van der Waals surface area contributed by atoms with Gasteiger partial charge in [0.15, 0.2) is 5.69 Å². The summed E-state index contributed by atoms with van der Waals surface area (Å²) in [6.45, 7) is 1.88. The molecule has 0 aliphatic heterocycles. The number of nitrogens with zero attached hydrogens (tertiary/aromatic N) is 3. The zero-order chi connectivity index (χ0) is 21.7. The number of unbranched alkanes of at least 4 members (excludes halogenated alkanes) is 1. The van der Waals surface area contributed by atoms with Gasteiger partial charge in [0.25, 0.3) is 0 Å². The number of hydrogen-bond acceptors (Lipinski definition) is 3. The van der Waals surface area contributed by atoms with Crippen molar-refractivity contribution in [3.05, 3.63) is 69.5 Å². The minimum absolute atomic E-state index is 0.0149. The molecule has 0 amide bonds. The van der Waals surface area contributed by atoms with Crippen LogP contribution in [0.3, 0.4) is 0 Å². The fraction of sp³-hybridized carbons (Fsp3) is 0.174. The van der Waals surface area contributed by atoms with E-state index in [2.05, 4.69) is 22.9 Å². The van der Waals surface area contributed by atoms with Crippen LogP contribution in [0.25, 0.3) is 17.1 Å². The summed E-state index contributed by atoms with van der Waals surface area (Å²) in [7, 11) is 0. The molecule has 0 unspecified atom stereocenters. The summed E-state index contributed by atoms with van der Waals surface area (Å²) in [6.07, 6.45) is 1.37. The number of benzene rings is 2. The van der Waals surface area contributed by atoms with Gasteiger partial charge in [-0.3, -0.25) is 4.57 Å². The molecular weight excluding hydrogens is 421 g/mol. The van der Waals surface area contributed by atoms with E-state index in [1.807, 2.05) is 31.2 Å². The molecule has 0 bridgehead atoms. The van der Waals surface area contributed by atoms with Gasteiger partial charge in [-0.05, 0) is 48.9 Å². The molecule has 150 valence electrons. The number of nitriles is 1. The topological polar surface area (TPSA) is 78.9 Å². The fourth-order valence-corrected chi connectivity index (χ4v) is 3.55. The molecule has 0 saturated heterocycles. The standard InChI is InChI=1S/C23H17Cl2N3O2/c1-2-20-21(23(29)30)27-22(18-12-9-16(24)14-19(18)25)28(20)17-10-7-15(8-11-17)6-4-3-5-13-26/h7-12,14H,2-3,5H2,1H3,(H,29,30). The minimum Gasteiger partial charge on any atom is -0.476 e. The second kappa shape index (κ2) is 9.50. The third-order valence-corrected chi connectivity index (χ3v) is 4.95. The molecule has 0 fully saturated rings. The average molecular weight is 438 g/mol. The van der Waals surface area contributed by atoms with Gasteiger partial charge in [0.1, 0.15) is 5.82 Å². The minimum atomic E-state index is -1.10. The monoisotopic (exact) mass is 437 g/mol. The summed E-state index contributed by atoms with van der Waals surface area (Å²) in [5.41, 5.74) is 2.69. The summed E-state index contributed by atoms with van der Waals surface area (Å²) in [4.78, 5) is 16.2. The Labute approximate surface area is 184 Å². The molecule has 0 radical (unpaired) electrons. The van der Waals surface area contributed by atoms with Crippen LogP contribution in [-0.4, -0.2) is 20.6 Å². The molecule has 1 N–H and O–H groups in total. The zero-order valence-corrected chi connectivity index (χ0v) is 17.6. The lowest BCUT2D eigenvalue weighted by Crippen LogP contribution is -2.06. The average Bonchev–Trinajstić information content (AvgIpc) is 3.11. The molecular formula is C23H17Cl2N3O2. The van der Waals surface area contributed by atoms with E-state index in [0.29, 0.717) is 46.4 Å². The predicted molar refractivity (Wildman–Crippen MR) is 117 cm³/mol. The highest BCUT2D eigenvalue weighted by Gasteiger charge is 2.24. The van der Waals surface area contributed by atoms with Crippen molar-refractivity contribution in [2.75, 3.05) is 0 Å². The van der Waals surface area contributed by atoms with Crippen molar-refractivity contribution in [1.82, 2.24) is 9.55 Å². The molecule has 0 spiro atoms. The van der Waals surface area contributed by atoms with Gasteiger partial charge in [0, 0.05) is 34.7 Å². The molecule has 0 saturated carbocycles. The Bertz CT molecular complexity index is 1200. The van der Waals surface area contributed by atoms with Gasteiger partial charge in [-0.25, -0.2) is 9.78 Å². The van der Waals surface area contributed by atoms with E-state index >= 15 is 0 Å². The smallest absolute Gasteiger partial charge is 0.356 e. The first-order valence-corrected chi connectivity index (χ1v) is 9.98. The van der Waals surface area contributed by atoms with Gasteiger partial charge in [0.2, 0.25) is 0 Å². The molecule has 3 aromatic rings. The van der Waals surface area contributed by atoms with Crippen molar-refractivity contribution >= 4 is 29.2 Å².